The average molecular weight is 278 g/mol. The van der Waals surface area contributed by atoms with Crippen LogP contribution in [-0.4, -0.2) is 19.2 Å². The first kappa shape index (κ1) is 14.6. The Morgan fingerprint density at radius 1 is 1.45 bits per heavy atom. The third-order valence-electron chi connectivity index (χ3n) is 3.03. The summed E-state index contributed by atoms with van der Waals surface area (Å²) in [5, 5.41) is 0. The summed E-state index contributed by atoms with van der Waals surface area (Å²) in [5.41, 5.74) is 0.648. The quantitative estimate of drug-likeness (QED) is 0.715. The van der Waals surface area contributed by atoms with Gasteiger partial charge in [0, 0.05) is 5.56 Å². The summed E-state index contributed by atoms with van der Waals surface area (Å²) in [6.07, 6.45) is 5.94. The van der Waals surface area contributed by atoms with Crippen LogP contribution in [0, 0.1) is 11.7 Å². The summed E-state index contributed by atoms with van der Waals surface area (Å²) in [4.78, 5) is 11.2. The topological polar surface area (TPSA) is 35.5 Å². The molecular formula is C16H19FO3. The molecule has 4 heteroatoms. The molecule has 2 rings (SSSR count). The van der Waals surface area contributed by atoms with Gasteiger partial charge in [0.2, 0.25) is 0 Å². The van der Waals surface area contributed by atoms with Crippen molar-refractivity contribution < 1.29 is 18.7 Å². The zero-order chi connectivity index (χ0) is 14.4. The van der Waals surface area contributed by atoms with Gasteiger partial charge in [0.15, 0.2) is 0 Å². The van der Waals surface area contributed by atoms with E-state index in [-0.39, 0.29) is 18.2 Å². The molecule has 1 aromatic carbocycles. The van der Waals surface area contributed by atoms with Crippen molar-refractivity contribution in [3.63, 3.8) is 0 Å². The van der Waals surface area contributed by atoms with Gasteiger partial charge in [-0.15, -0.1) is 0 Å². The van der Waals surface area contributed by atoms with Gasteiger partial charge >= 0.3 is 5.97 Å². The highest BCUT2D eigenvalue weighted by atomic mass is 19.1. The summed E-state index contributed by atoms with van der Waals surface area (Å²) in [6, 6.07) is 4.41. The largest absolute Gasteiger partial charge is 0.493 e. The number of ether oxygens (including phenoxy) is 2. The Morgan fingerprint density at radius 2 is 2.25 bits per heavy atom. The standard InChI is InChI=1S/C16H19FO3/c1-2-19-16(18)5-3-4-13-10-14(17)8-9-15(13)20-11-12-6-7-12/h3-4,8-10,12H,2,5-7,11H2,1H3. The van der Waals surface area contributed by atoms with Gasteiger partial charge in [0.05, 0.1) is 19.6 Å². The third kappa shape index (κ3) is 4.68. The van der Waals surface area contributed by atoms with E-state index < -0.39 is 0 Å². The number of esters is 1. The Morgan fingerprint density at radius 3 is 2.95 bits per heavy atom. The Kier molecular flexibility index (Phi) is 5.16. The highest BCUT2D eigenvalue weighted by Crippen LogP contribution is 2.30. The van der Waals surface area contributed by atoms with E-state index in [2.05, 4.69) is 0 Å². The molecule has 1 saturated carbocycles. The normalized spacial score (nSPS) is 14.5. The Labute approximate surface area is 118 Å². The maximum Gasteiger partial charge on any atom is 0.309 e. The molecule has 0 saturated heterocycles. The lowest BCUT2D eigenvalue weighted by Crippen LogP contribution is -2.02. The van der Waals surface area contributed by atoms with Gasteiger partial charge in [0.1, 0.15) is 11.6 Å². The minimum Gasteiger partial charge on any atom is -0.493 e. The summed E-state index contributed by atoms with van der Waals surface area (Å²) in [6.45, 7) is 2.80. The van der Waals surface area contributed by atoms with Crippen molar-refractivity contribution in [2.45, 2.75) is 26.2 Å². The molecule has 1 aliphatic rings. The Balaban J connectivity index is 1.98. The lowest BCUT2D eigenvalue weighted by Gasteiger charge is -2.08. The number of carbonyl (C=O) groups excluding carboxylic acids is 1. The van der Waals surface area contributed by atoms with E-state index in [1.165, 1.54) is 25.0 Å². The lowest BCUT2D eigenvalue weighted by atomic mass is 10.1. The third-order valence-corrected chi connectivity index (χ3v) is 3.03. The molecule has 0 amide bonds. The number of benzene rings is 1. The highest BCUT2D eigenvalue weighted by Gasteiger charge is 2.22. The molecular weight excluding hydrogens is 259 g/mol. The van der Waals surface area contributed by atoms with E-state index in [1.807, 2.05) is 0 Å². The van der Waals surface area contributed by atoms with Gasteiger partial charge in [-0.2, -0.15) is 0 Å². The molecule has 20 heavy (non-hydrogen) atoms. The molecule has 0 unspecified atom stereocenters. The first-order valence-corrected chi connectivity index (χ1v) is 6.93. The van der Waals surface area contributed by atoms with Crippen molar-refractivity contribution in [1.29, 1.82) is 0 Å². The number of carbonyl (C=O) groups is 1. The first-order valence-electron chi connectivity index (χ1n) is 6.93. The van der Waals surface area contributed by atoms with Crippen LogP contribution in [0.5, 0.6) is 5.75 Å². The molecule has 0 N–H and O–H groups in total. The van der Waals surface area contributed by atoms with E-state index in [0.717, 1.165) is 0 Å². The van der Waals surface area contributed by atoms with Crippen molar-refractivity contribution in [2.75, 3.05) is 13.2 Å². The second-order valence-electron chi connectivity index (χ2n) is 4.85. The molecule has 1 aromatic rings. The SMILES string of the molecule is CCOC(=O)CC=Cc1cc(F)ccc1OCC1CC1. The molecule has 0 spiro atoms. The maximum atomic E-state index is 13.3. The summed E-state index contributed by atoms with van der Waals surface area (Å²) < 4.78 is 23.8. The van der Waals surface area contributed by atoms with Crippen LogP contribution in [0.15, 0.2) is 24.3 Å². The van der Waals surface area contributed by atoms with Gasteiger partial charge in [-0.05, 0) is 43.9 Å². The number of rotatable bonds is 7. The number of hydrogen-bond acceptors (Lipinski definition) is 3. The number of hydrogen-bond donors (Lipinski definition) is 0. The Hall–Kier alpha value is -1.84. The van der Waals surface area contributed by atoms with Crippen molar-refractivity contribution in [3.05, 3.63) is 35.7 Å². The predicted molar refractivity (Wildman–Crippen MR) is 74.9 cm³/mol. The van der Waals surface area contributed by atoms with Crippen molar-refractivity contribution in [3.8, 4) is 5.75 Å². The fourth-order valence-corrected chi connectivity index (χ4v) is 1.78. The van der Waals surface area contributed by atoms with Gasteiger partial charge in [0.25, 0.3) is 0 Å². The van der Waals surface area contributed by atoms with Crippen molar-refractivity contribution in [2.24, 2.45) is 5.92 Å². The molecule has 1 fully saturated rings. The van der Waals surface area contributed by atoms with Crippen LogP contribution >= 0.6 is 0 Å². The van der Waals surface area contributed by atoms with E-state index in [9.17, 15) is 9.18 Å². The predicted octanol–water partition coefficient (Wildman–Crippen LogP) is 3.58. The minimum atomic E-state index is -0.320. The smallest absolute Gasteiger partial charge is 0.309 e. The summed E-state index contributed by atoms with van der Waals surface area (Å²) in [5.74, 6) is 0.676. The molecule has 0 aromatic heterocycles. The number of halogens is 1. The molecule has 0 atom stereocenters. The van der Waals surface area contributed by atoms with Crippen LogP contribution in [0.1, 0.15) is 31.7 Å². The summed E-state index contributed by atoms with van der Waals surface area (Å²) in [7, 11) is 0. The Bertz CT molecular complexity index is 492. The fraction of sp³-hybridized carbons (Fsp3) is 0.438. The molecule has 0 radical (unpaired) electrons. The molecule has 0 aliphatic heterocycles. The van der Waals surface area contributed by atoms with Crippen molar-refractivity contribution in [1.82, 2.24) is 0 Å². The van der Waals surface area contributed by atoms with Gasteiger partial charge in [-0.25, -0.2) is 4.39 Å². The van der Waals surface area contributed by atoms with Crippen LogP contribution < -0.4 is 4.74 Å². The summed E-state index contributed by atoms with van der Waals surface area (Å²) >= 11 is 0. The molecule has 0 bridgehead atoms. The molecule has 3 nitrogen and oxygen atoms in total. The van der Waals surface area contributed by atoms with Gasteiger partial charge in [-0.3, -0.25) is 4.79 Å². The van der Waals surface area contributed by atoms with E-state index in [1.54, 1.807) is 25.1 Å². The van der Waals surface area contributed by atoms with Gasteiger partial charge in [-0.1, -0.05) is 12.2 Å². The zero-order valence-electron chi connectivity index (χ0n) is 11.6. The van der Waals surface area contributed by atoms with Crippen LogP contribution in [-0.2, 0) is 9.53 Å². The van der Waals surface area contributed by atoms with Crippen molar-refractivity contribution >= 4 is 12.0 Å². The second-order valence-corrected chi connectivity index (χ2v) is 4.85. The van der Waals surface area contributed by atoms with Crippen LogP contribution in [0.4, 0.5) is 4.39 Å². The highest BCUT2D eigenvalue weighted by molar-refractivity contribution is 5.73. The monoisotopic (exact) mass is 278 g/mol. The molecule has 0 heterocycles. The van der Waals surface area contributed by atoms with Gasteiger partial charge < -0.3 is 9.47 Å². The second kappa shape index (κ2) is 7.08. The van der Waals surface area contributed by atoms with Crippen LogP contribution in [0.2, 0.25) is 0 Å². The molecule has 1 aliphatic carbocycles. The average Bonchev–Trinajstić information content (AvgIpc) is 3.22. The lowest BCUT2D eigenvalue weighted by molar-refractivity contribution is -0.142. The van der Waals surface area contributed by atoms with E-state index in [4.69, 9.17) is 9.47 Å². The molecule has 108 valence electrons. The van der Waals surface area contributed by atoms with E-state index >= 15 is 0 Å². The van der Waals surface area contributed by atoms with Crippen LogP contribution in [0.25, 0.3) is 6.08 Å². The minimum absolute atomic E-state index is 0.173. The van der Waals surface area contributed by atoms with Crippen LogP contribution in [0.3, 0.4) is 0 Å². The maximum absolute atomic E-state index is 13.3. The van der Waals surface area contributed by atoms with E-state index in [0.29, 0.717) is 30.4 Å². The first-order chi connectivity index (χ1) is 9.69. The fourth-order valence-electron chi connectivity index (χ4n) is 1.78. The zero-order valence-corrected chi connectivity index (χ0v) is 11.6.